The lowest BCUT2D eigenvalue weighted by Crippen LogP contribution is -2.45. The van der Waals surface area contributed by atoms with Crippen molar-refractivity contribution in [2.45, 2.75) is 19.4 Å². The fourth-order valence-corrected chi connectivity index (χ4v) is 2.87. The van der Waals surface area contributed by atoms with E-state index >= 15 is 0 Å². The van der Waals surface area contributed by atoms with Gasteiger partial charge >= 0.3 is 0 Å². The topological polar surface area (TPSA) is 71.1 Å². The fraction of sp³-hybridized carbons (Fsp3) is 0.462. The Bertz CT molecular complexity index is 479. The predicted octanol–water partition coefficient (Wildman–Crippen LogP) is 2.16. The first-order chi connectivity index (χ1) is 9.17. The Hall–Kier alpha value is -1.27. The summed E-state index contributed by atoms with van der Waals surface area (Å²) in [4.78, 5) is 2.34. The molecular formula is C13H18BrN3O2. The lowest BCUT2D eigenvalue weighted by molar-refractivity contribution is 0.0929. The van der Waals surface area contributed by atoms with Crippen molar-refractivity contribution in [3.05, 3.63) is 28.2 Å². The zero-order valence-electron chi connectivity index (χ0n) is 10.8. The van der Waals surface area contributed by atoms with Gasteiger partial charge in [-0.3, -0.25) is 0 Å². The molecule has 5 nitrogen and oxygen atoms in total. The molecule has 1 aliphatic rings. The Morgan fingerprint density at radius 2 is 2.42 bits per heavy atom. The highest BCUT2D eigenvalue weighted by atomic mass is 79.9. The van der Waals surface area contributed by atoms with Gasteiger partial charge in [-0.2, -0.15) is 0 Å². The minimum Gasteiger partial charge on any atom is -0.409 e. The molecule has 1 saturated heterocycles. The number of amidine groups is 1. The van der Waals surface area contributed by atoms with Crippen molar-refractivity contribution in [2.24, 2.45) is 10.9 Å². The molecule has 1 aromatic rings. The van der Waals surface area contributed by atoms with Crippen LogP contribution >= 0.6 is 15.9 Å². The number of morpholine rings is 1. The molecule has 1 aromatic carbocycles. The summed E-state index contributed by atoms with van der Waals surface area (Å²) in [6, 6.07) is 6.11. The molecular weight excluding hydrogens is 310 g/mol. The van der Waals surface area contributed by atoms with E-state index < -0.39 is 0 Å². The summed E-state index contributed by atoms with van der Waals surface area (Å²) in [5.74, 6) is 0.112. The maximum absolute atomic E-state index is 8.70. The van der Waals surface area contributed by atoms with E-state index in [4.69, 9.17) is 15.7 Å². The van der Waals surface area contributed by atoms with Gasteiger partial charge in [0.05, 0.1) is 24.9 Å². The lowest BCUT2D eigenvalue weighted by atomic mass is 10.1. The van der Waals surface area contributed by atoms with Gasteiger partial charge in [-0.1, -0.05) is 12.1 Å². The molecule has 104 valence electrons. The zero-order chi connectivity index (χ0) is 13.8. The van der Waals surface area contributed by atoms with Gasteiger partial charge in [0.15, 0.2) is 5.84 Å². The molecule has 2 rings (SSSR count). The van der Waals surface area contributed by atoms with Gasteiger partial charge in [0, 0.05) is 16.6 Å². The van der Waals surface area contributed by atoms with Crippen LogP contribution in [0.15, 0.2) is 27.8 Å². The van der Waals surface area contributed by atoms with E-state index in [9.17, 15) is 0 Å². The van der Waals surface area contributed by atoms with Crippen LogP contribution in [0.5, 0.6) is 0 Å². The van der Waals surface area contributed by atoms with Crippen LogP contribution in [0.2, 0.25) is 0 Å². The highest BCUT2D eigenvalue weighted by Crippen LogP contribution is 2.30. The van der Waals surface area contributed by atoms with E-state index in [-0.39, 0.29) is 5.84 Å². The van der Waals surface area contributed by atoms with Crippen molar-refractivity contribution in [2.75, 3.05) is 24.7 Å². The number of anilines is 1. The number of rotatable bonds is 3. The third-order valence-corrected chi connectivity index (χ3v) is 3.99. The number of halogens is 1. The van der Waals surface area contributed by atoms with Crippen LogP contribution in [0.1, 0.15) is 18.9 Å². The minimum atomic E-state index is 0.112. The Morgan fingerprint density at radius 1 is 1.63 bits per heavy atom. The van der Waals surface area contributed by atoms with Gasteiger partial charge in [-0.05, 0) is 40.5 Å². The Morgan fingerprint density at radius 3 is 3.05 bits per heavy atom. The summed E-state index contributed by atoms with van der Waals surface area (Å²) in [7, 11) is 0. The van der Waals surface area contributed by atoms with E-state index in [0.717, 1.165) is 36.3 Å². The second kappa shape index (κ2) is 6.25. The van der Waals surface area contributed by atoms with Crippen LogP contribution in [-0.2, 0) is 4.74 Å². The average molecular weight is 328 g/mol. The summed E-state index contributed by atoms with van der Waals surface area (Å²) in [6.45, 7) is 4.53. The first-order valence-electron chi connectivity index (χ1n) is 6.29. The number of nitrogens with zero attached hydrogens (tertiary/aromatic N) is 2. The number of hydrogen-bond acceptors (Lipinski definition) is 4. The number of oxime groups is 1. The van der Waals surface area contributed by atoms with Crippen LogP contribution in [0, 0.1) is 0 Å². The zero-order valence-corrected chi connectivity index (χ0v) is 12.4. The van der Waals surface area contributed by atoms with Gasteiger partial charge < -0.3 is 20.6 Å². The SMILES string of the molecule is CCC1COCCN1c1ccc(/C(N)=N/O)cc1Br. The second-order valence-corrected chi connectivity index (χ2v) is 5.34. The van der Waals surface area contributed by atoms with Crippen molar-refractivity contribution in [3.63, 3.8) is 0 Å². The molecule has 0 spiro atoms. The van der Waals surface area contributed by atoms with E-state index in [1.807, 2.05) is 18.2 Å². The van der Waals surface area contributed by atoms with E-state index in [0.29, 0.717) is 11.6 Å². The normalized spacial score (nSPS) is 20.6. The van der Waals surface area contributed by atoms with Crippen LogP contribution in [-0.4, -0.2) is 36.8 Å². The summed E-state index contributed by atoms with van der Waals surface area (Å²) in [5, 5.41) is 11.7. The number of benzene rings is 1. The predicted molar refractivity (Wildman–Crippen MR) is 78.9 cm³/mol. The first-order valence-corrected chi connectivity index (χ1v) is 7.08. The maximum Gasteiger partial charge on any atom is 0.170 e. The molecule has 1 aliphatic heterocycles. The number of hydrogen-bond donors (Lipinski definition) is 2. The standard InChI is InChI=1S/C13H18BrN3O2/c1-2-10-8-19-6-5-17(10)12-4-3-9(7-11(12)14)13(15)16-18/h3-4,7,10,18H,2,5-6,8H2,1H3,(H2,15,16). The Kier molecular flexibility index (Phi) is 4.66. The molecule has 0 aliphatic carbocycles. The molecule has 1 unspecified atom stereocenters. The van der Waals surface area contributed by atoms with Crippen molar-refractivity contribution >= 4 is 27.5 Å². The van der Waals surface area contributed by atoms with Crippen molar-refractivity contribution in [1.29, 1.82) is 0 Å². The molecule has 6 heteroatoms. The van der Waals surface area contributed by atoms with Gasteiger partial charge in [0.1, 0.15) is 0 Å². The lowest BCUT2D eigenvalue weighted by Gasteiger charge is -2.37. The number of nitrogens with two attached hydrogens (primary N) is 1. The average Bonchev–Trinajstić information content (AvgIpc) is 2.46. The molecule has 0 radical (unpaired) electrons. The van der Waals surface area contributed by atoms with Crippen molar-refractivity contribution in [3.8, 4) is 0 Å². The fourth-order valence-electron chi connectivity index (χ4n) is 2.27. The third kappa shape index (κ3) is 3.01. The van der Waals surface area contributed by atoms with Crippen LogP contribution < -0.4 is 10.6 Å². The largest absolute Gasteiger partial charge is 0.409 e. The minimum absolute atomic E-state index is 0.112. The molecule has 1 atom stereocenters. The van der Waals surface area contributed by atoms with Gasteiger partial charge in [-0.25, -0.2) is 0 Å². The van der Waals surface area contributed by atoms with E-state index in [1.54, 1.807) is 0 Å². The summed E-state index contributed by atoms with van der Waals surface area (Å²) in [6.07, 6.45) is 1.04. The van der Waals surface area contributed by atoms with Crippen molar-refractivity contribution < 1.29 is 9.94 Å². The molecule has 1 heterocycles. The summed E-state index contributed by atoms with van der Waals surface area (Å²) >= 11 is 3.56. The Labute approximate surface area is 121 Å². The molecule has 0 aromatic heterocycles. The summed E-state index contributed by atoms with van der Waals surface area (Å²) < 4.78 is 6.46. The van der Waals surface area contributed by atoms with Crippen molar-refractivity contribution in [1.82, 2.24) is 0 Å². The molecule has 0 amide bonds. The monoisotopic (exact) mass is 327 g/mol. The van der Waals surface area contributed by atoms with Gasteiger partial charge in [0.25, 0.3) is 0 Å². The molecule has 3 N–H and O–H groups in total. The number of ether oxygens (including phenoxy) is 1. The van der Waals surface area contributed by atoms with Gasteiger partial charge in [0.2, 0.25) is 0 Å². The summed E-state index contributed by atoms with van der Waals surface area (Å²) in [5.41, 5.74) is 7.40. The molecule has 0 saturated carbocycles. The third-order valence-electron chi connectivity index (χ3n) is 3.36. The maximum atomic E-state index is 8.70. The van der Waals surface area contributed by atoms with Crippen LogP contribution in [0.4, 0.5) is 5.69 Å². The highest BCUT2D eigenvalue weighted by Gasteiger charge is 2.23. The molecule has 0 bridgehead atoms. The molecule has 1 fully saturated rings. The van der Waals surface area contributed by atoms with Gasteiger partial charge in [-0.15, -0.1) is 0 Å². The van der Waals surface area contributed by atoms with E-state index in [2.05, 4.69) is 32.9 Å². The highest BCUT2D eigenvalue weighted by molar-refractivity contribution is 9.10. The quantitative estimate of drug-likeness (QED) is 0.386. The Balaban J connectivity index is 2.29. The first kappa shape index (κ1) is 14.1. The van der Waals surface area contributed by atoms with E-state index in [1.165, 1.54) is 0 Å². The smallest absolute Gasteiger partial charge is 0.170 e. The second-order valence-electron chi connectivity index (χ2n) is 4.48. The van der Waals surface area contributed by atoms with Crippen LogP contribution in [0.3, 0.4) is 0 Å². The molecule has 19 heavy (non-hydrogen) atoms. The van der Waals surface area contributed by atoms with Crippen LogP contribution in [0.25, 0.3) is 0 Å².